The van der Waals surface area contributed by atoms with E-state index < -0.39 is 36.3 Å². The lowest BCUT2D eigenvalue weighted by molar-refractivity contribution is -0.160. The third kappa shape index (κ3) is 3.43. The van der Waals surface area contributed by atoms with Crippen molar-refractivity contribution >= 4 is 5.97 Å². The second-order valence-electron chi connectivity index (χ2n) is 5.53. The summed E-state index contributed by atoms with van der Waals surface area (Å²) in [6, 6.07) is 1.92. The number of nitrogens with zero attached hydrogens (tertiary/aromatic N) is 1. The fourth-order valence-corrected chi connectivity index (χ4v) is 2.93. The van der Waals surface area contributed by atoms with E-state index in [9.17, 15) is 13.6 Å². The monoisotopic (exact) mass is 271 g/mol. The largest absolute Gasteiger partial charge is 0.462 e. The van der Waals surface area contributed by atoms with Crippen LogP contribution in [0.4, 0.5) is 8.78 Å². The molecule has 2 aliphatic carbocycles. The molecule has 0 aromatic carbocycles. The topological polar surface area (TPSA) is 50.1 Å². The van der Waals surface area contributed by atoms with Gasteiger partial charge in [-0.25, -0.2) is 8.78 Å². The van der Waals surface area contributed by atoms with Crippen LogP contribution in [0.15, 0.2) is 0 Å². The van der Waals surface area contributed by atoms with Crippen molar-refractivity contribution in [2.45, 2.75) is 63.4 Å². The molecule has 0 aromatic rings. The van der Waals surface area contributed by atoms with Crippen molar-refractivity contribution in [3.05, 3.63) is 0 Å². The molecule has 19 heavy (non-hydrogen) atoms. The van der Waals surface area contributed by atoms with Crippen LogP contribution >= 0.6 is 0 Å². The Labute approximate surface area is 111 Å². The van der Waals surface area contributed by atoms with Gasteiger partial charge in [0.15, 0.2) is 0 Å². The first-order chi connectivity index (χ1) is 9.11. The lowest BCUT2D eigenvalue weighted by atomic mass is 9.85. The van der Waals surface area contributed by atoms with E-state index in [1.54, 1.807) is 0 Å². The van der Waals surface area contributed by atoms with Gasteiger partial charge in [0, 0.05) is 6.42 Å². The van der Waals surface area contributed by atoms with E-state index in [2.05, 4.69) is 0 Å². The number of ether oxygens (including phenoxy) is 1. The highest BCUT2D eigenvalue weighted by molar-refractivity contribution is 5.73. The van der Waals surface area contributed by atoms with Crippen molar-refractivity contribution in [2.75, 3.05) is 0 Å². The van der Waals surface area contributed by atoms with E-state index in [1.165, 1.54) is 0 Å². The molecule has 3 nitrogen and oxygen atoms in total. The van der Waals surface area contributed by atoms with Crippen LogP contribution in [0.25, 0.3) is 0 Å². The first-order valence-corrected chi connectivity index (χ1v) is 7.00. The van der Waals surface area contributed by atoms with Crippen molar-refractivity contribution in [3.63, 3.8) is 0 Å². The number of esters is 1. The van der Waals surface area contributed by atoms with Gasteiger partial charge in [-0.3, -0.25) is 4.79 Å². The van der Waals surface area contributed by atoms with Gasteiger partial charge in [-0.15, -0.1) is 0 Å². The molecule has 2 rings (SSSR count). The van der Waals surface area contributed by atoms with E-state index in [0.717, 1.165) is 12.8 Å². The molecule has 0 saturated heterocycles. The van der Waals surface area contributed by atoms with E-state index in [-0.39, 0.29) is 6.42 Å². The zero-order valence-electron chi connectivity index (χ0n) is 10.9. The first-order valence-electron chi connectivity index (χ1n) is 7.00. The van der Waals surface area contributed by atoms with Gasteiger partial charge in [0.25, 0.3) is 0 Å². The minimum absolute atomic E-state index is 0.0631. The number of halogens is 2. The van der Waals surface area contributed by atoms with Gasteiger partial charge in [-0.1, -0.05) is 12.8 Å². The van der Waals surface area contributed by atoms with E-state index >= 15 is 0 Å². The summed E-state index contributed by atoms with van der Waals surface area (Å²) in [5, 5.41) is 8.72. The van der Waals surface area contributed by atoms with Crippen LogP contribution in [0, 0.1) is 23.2 Å². The molecule has 0 bridgehead atoms. The highest BCUT2D eigenvalue weighted by Gasteiger charge is 2.36. The highest BCUT2D eigenvalue weighted by Crippen LogP contribution is 2.32. The molecule has 0 amide bonds. The number of rotatable bonds is 2. The smallest absolute Gasteiger partial charge is 0.312 e. The SMILES string of the molecule is N#CC1CCC(OC(=O)C2CCCCC2F)CC1F. The number of alkyl halides is 2. The summed E-state index contributed by atoms with van der Waals surface area (Å²) in [6.45, 7) is 0. The minimum Gasteiger partial charge on any atom is -0.462 e. The summed E-state index contributed by atoms with van der Waals surface area (Å²) in [5.74, 6) is -1.81. The molecule has 2 fully saturated rings. The molecule has 106 valence electrons. The van der Waals surface area contributed by atoms with E-state index in [0.29, 0.717) is 25.7 Å². The fraction of sp³-hybridized carbons (Fsp3) is 0.857. The standard InChI is InChI=1S/C14H19F2NO2/c15-12-4-2-1-3-11(12)14(18)19-10-6-5-9(8-17)13(16)7-10/h9-13H,1-7H2. The van der Waals surface area contributed by atoms with Crippen LogP contribution < -0.4 is 0 Å². The molecule has 0 radical (unpaired) electrons. The molecule has 0 N–H and O–H groups in total. The molecule has 0 heterocycles. The second-order valence-corrected chi connectivity index (χ2v) is 5.53. The quantitative estimate of drug-likeness (QED) is 0.725. The first kappa shape index (κ1) is 14.2. The summed E-state index contributed by atoms with van der Waals surface area (Å²) in [7, 11) is 0. The molecule has 2 aliphatic rings. The van der Waals surface area contributed by atoms with Gasteiger partial charge < -0.3 is 4.74 Å². The Kier molecular flexibility index (Phi) is 4.73. The lowest BCUT2D eigenvalue weighted by Crippen LogP contribution is -2.36. The number of nitriles is 1. The predicted molar refractivity (Wildman–Crippen MR) is 64.6 cm³/mol. The van der Waals surface area contributed by atoms with Gasteiger partial charge >= 0.3 is 5.97 Å². The summed E-state index contributed by atoms with van der Waals surface area (Å²) in [6.07, 6.45) is 0.668. The zero-order valence-corrected chi connectivity index (χ0v) is 10.9. The maximum Gasteiger partial charge on any atom is 0.312 e. The van der Waals surface area contributed by atoms with Crippen LogP contribution in [0.1, 0.15) is 44.9 Å². The van der Waals surface area contributed by atoms with Crippen molar-refractivity contribution in [1.82, 2.24) is 0 Å². The second kappa shape index (κ2) is 6.31. The average Bonchev–Trinajstić information content (AvgIpc) is 2.39. The number of carbonyl (C=O) groups excluding carboxylic acids is 1. The van der Waals surface area contributed by atoms with Crippen LogP contribution in [0.3, 0.4) is 0 Å². The molecule has 5 unspecified atom stereocenters. The van der Waals surface area contributed by atoms with Crippen molar-refractivity contribution in [1.29, 1.82) is 5.26 Å². The Morgan fingerprint density at radius 2 is 1.84 bits per heavy atom. The molecule has 0 spiro atoms. The normalized spacial score (nSPS) is 39.3. The number of carbonyl (C=O) groups is 1. The molecular formula is C14H19F2NO2. The van der Waals surface area contributed by atoms with Gasteiger partial charge in [-0.2, -0.15) is 5.26 Å². The molecule has 5 heteroatoms. The van der Waals surface area contributed by atoms with E-state index in [1.807, 2.05) is 6.07 Å². The average molecular weight is 271 g/mol. The Morgan fingerprint density at radius 1 is 1.11 bits per heavy atom. The molecule has 5 atom stereocenters. The van der Waals surface area contributed by atoms with Crippen molar-refractivity contribution in [3.8, 4) is 6.07 Å². The Morgan fingerprint density at radius 3 is 2.47 bits per heavy atom. The maximum atomic E-state index is 13.6. The number of hydrogen-bond acceptors (Lipinski definition) is 3. The highest BCUT2D eigenvalue weighted by atomic mass is 19.1. The summed E-state index contributed by atoms with van der Waals surface area (Å²) >= 11 is 0. The maximum absolute atomic E-state index is 13.6. The van der Waals surface area contributed by atoms with Gasteiger partial charge in [0.05, 0.1) is 17.9 Å². The Hall–Kier alpha value is -1.18. The van der Waals surface area contributed by atoms with Gasteiger partial charge in [-0.05, 0) is 25.7 Å². The van der Waals surface area contributed by atoms with Crippen molar-refractivity contribution < 1.29 is 18.3 Å². The van der Waals surface area contributed by atoms with Crippen LogP contribution in [-0.4, -0.2) is 24.4 Å². The van der Waals surface area contributed by atoms with Gasteiger partial charge in [0.1, 0.15) is 18.4 Å². The van der Waals surface area contributed by atoms with Crippen molar-refractivity contribution in [2.24, 2.45) is 11.8 Å². The Balaban J connectivity index is 1.84. The summed E-state index contributed by atoms with van der Waals surface area (Å²) in [5.41, 5.74) is 0. The summed E-state index contributed by atoms with van der Waals surface area (Å²) in [4.78, 5) is 11.9. The number of hydrogen-bond donors (Lipinski definition) is 0. The zero-order chi connectivity index (χ0) is 13.8. The fourth-order valence-electron chi connectivity index (χ4n) is 2.93. The minimum atomic E-state index is -1.25. The predicted octanol–water partition coefficient (Wildman–Crippen LogP) is 3.09. The molecule has 0 aromatic heterocycles. The lowest BCUT2D eigenvalue weighted by Gasteiger charge is -2.30. The summed E-state index contributed by atoms with van der Waals surface area (Å²) < 4.78 is 32.4. The third-order valence-electron chi connectivity index (χ3n) is 4.16. The van der Waals surface area contributed by atoms with Crippen LogP contribution in [0.5, 0.6) is 0 Å². The Bertz CT molecular complexity index is 369. The molecule has 2 saturated carbocycles. The van der Waals surface area contributed by atoms with Crippen LogP contribution in [0.2, 0.25) is 0 Å². The van der Waals surface area contributed by atoms with E-state index in [4.69, 9.17) is 10.00 Å². The van der Waals surface area contributed by atoms with Crippen LogP contribution in [-0.2, 0) is 9.53 Å². The van der Waals surface area contributed by atoms with Gasteiger partial charge in [0.2, 0.25) is 0 Å². The third-order valence-corrected chi connectivity index (χ3v) is 4.16. The molecule has 0 aliphatic heterocycles. The molecular weight excluding hydrogens is 252 g/mol.